The standard InChI is InChI=1S/C51H74N4O5S/c1-34(2)38-14-23-51(54-27-28-55-29-31-61(58,59)32-30-55)25-24-46(6)40(42(38)51)16-19-49(9)47(7)18-15-39(45(4,5)41(47)17-20-48(46,49)8)36-12-21-50(22-13-36,44(56)57)35(3)60-43-37(33-52)11-10-26-53-43/h10-12,15,26,38,40-42,44,54,56-57H,1,3,13-14,16-25,27-32H2,2,4-9H3/t38-,40+,41-,42+,46+,47-,48-,49+,50-,51-/m0/s1. The Morgan fingerprint density at radius 3 is 2.33 bits per heavy atom. The second-order valence-electron chi connectivity index (χ2n) is 22.3. The Morgan fingerprint density at radius 1 is 0.967 bits per heavy atom. The molecule has 1 aromatic rings. The fourth-order valence-corrected chi connectivity index (χ4v) is 17.2. The van der Waals surface area contributed by atoms with Crippen molar-refractivity contribution in [3.05, 3.63) is 71.7 Å². The Kier molecular flexibility index (Phi) is 11.3. The second-order valence-corrected chi connectivity index (χ2v) is 24.6. The third-order valence-electron chi connectivity index (χ3n) is 20.0. The zero-order chi connectivity index (χ0) is 44.0. The molecule has 0 aromatic carbocycles. The number of hydrogen-bond donors (Lipinski definition) is 3. The van der Waals surface area contributed by atoms with Crippen LogP contribution < -0.4 is 10.1 Å². The summed E-state index contributed by atoms with van der Waals surface area (Å²) in [5.41, 5.74) is 3.91. The van der Waals surface area contributed by atoms with Crippen molar-refractivity contribution < 1.29 is 23.4 Å². The quantitative estimate of drug-likeness (QED) is 0.120. The first-order valence-electron chi connectivity index (χ1n) is 23.5. The van der Waals surface area contributed by atoms with E-state index in [4.69, 9.17) is 4.74 Å². The highest BCUT2D eigenvalue weighted by molar-refractivity contribution is 7.91. The number of aliphatic hydroxyl groups is 2. The summed E-state index contributed by atoms with van der Waals surface area (Å²) in [5.74, 6) is 3.14. The molecule has 10 atom stereocenters. The predicted molar refractivity (Wildman–Crippen MR) is 242 cm³/mol. The SMILES string of the molecule is C=C(C)[C@@H]1CC[C@]2(NCCN3CCS(=O)(=O)CC3)CC[C@]3(C)[C@H](CC[C@@]4(C)[C@@]3(C)CC[C@H]3C(C)(C)C(C5=CC[C@](C(=C)Oc6ncccc6C#N)(C(O)O)CC5)=CC[C@@]34C)[C@@H]12. The number of sulfone groups is 1. The van der Waals surface area contributed by atoms with Crippen molar-refractivity contribution in [1.29, 1.82) is 5.26 Å². The maximum absolute atomic E-state index is 12.1. The normalized spacial score (nSPS) is 41.5. The molecule has 6 aliphatic carbocycles. The Bertz CT molecular complexity index is 2140. The van der Waals surface area contributed by atoms with E-state index in [0.717, 1.165) is 19.5 Å². The molecule has 0 bridgehead atoms. The van der Waals surface area contributed by atoms with Gasteiger partial charge in [0.05, 0.1) is 16.9 Å². The van der Waals surface area contributed by atoms with Gasteiger partial charge in [0.25, 0.3) is 0 Å². The van der Waals surface area contributed by atoms with Crippen LogP contribution in [0.15, 0.2) is 66.1 Å². The summed E-state index contributed by atoms with van der Waals surface area (Å²) in [5, 5.41) is 35.5. The van der Waals surface area contributed by atoms with Gasteiger partial charge in [-0.05, 0) is 158 Å². The van der Waals surface area contributed by atoms with Gasteiger partial charge in [0, 0.05) is 37.9 Å². The van der Waals surface area contributed by atoms with Gasteiger partial charge in [0.2, 0.25) is 5.88 Å². The van der Waals surface area contributed by atoms with Crippen LogP contribution in [0.25, 0.3) is 0 Å². The van der Waals surface area contributed by atoms with Crippen LogP contribution in [-0.4, -0.2) is 78.0 Å². The molecular formula is C51H74N4O5S. The van der Waals surface area contributed by atoms with Crippen LogP contribution in [0.1, 0.15) is 131 Å². The number of hydrogen-bond acceptors (Lipinski definition) is 9. The fraction of sp³-hybridized carbons (Fsp3) is 0.725. The average molecular weight is 855 g/mol. The van der Waals surface area contributed by atoms with Crippen LogP contribution in [0, 0.1) is 67.5 Å². The minimum Gasteiger partial charge on any atom is -0.442 e. The molecule has 9 nitrogen and oxygen atoms in total. The van der Waals surface area contributed by atoms with E-state index >= 15 is 0 Å². The molecule has 10 heteroatoms. The van der Waals surface area contributed by atoms with Crippen LogP contribution in [0.5, 0.6) is 5.88 Å². The molecule has 0 spiro atoms. The Hall–Kier alpha value is -2.81. The molecule has 7 aliphatic rings. The smallest absolute Gasteiger partial charge is 0.236 e. The lowest BCUT2D eigenvalue weighted by molar-refractivity contribution is -0.269. The Labute approximate surface area is 367 Å². The number of allylic oxidation sites excluding steroid dienone is 5. The van der Waals surface area contributed by atoms with Gasteiger partial charge in [-0.15, -0.1) is 0 Å². The van der Waals surface area contributed by atoms with Crippen molar-refractivity contribution in [3.63, 3.8) is 0 Å². The topological polar surface area (TPSA) is 136 Å². The van der Waals surface area contributed by atoms with E-state index in [1.165, 1.54) is 68.1 Å². The lowest BCUT2D eigenvalue weighted by Crippen LogP contribution is -2.71. The number of fused-ring (bicyclic) bond motifs is 7. The highest BCUT2D eigenvalue weighted by Gasteiger charge is 2.74. The van der Waals surface area contributed by atoms with Gasteiger partial charge in [0.15, 0.2) is 16.1 Å². The van der Waals surface area contributed by atoms with Gasteiger partial charge in [-0.25, -0.2) is 13.4 Å². The van der Waals surface area contributed by atoms with E-state index in [1.807, 2.05) is 0 Å². The molecule has 61 heavy (non-hydrogen) atoms. The van der Waals surface area contributed by atoms with E-state index < -0.39 is 21.5 Å². The summed E-state index contributed by atoms with van der Waals surface area (Å²) >= 11 is 0. The third kappa shape index (κ3) is 6.70. The van der Waals surface area contributed by atoms with Crippen LogP contribution in [-0.2, 0) is 9.84 Å². The lowest BCUT2D eigenvalue weighted by atomic mass is 9.28. The molecule has 8 rings (SSSR count). The largest absolute Gasteiger partial charge is 0.442 e. The first kappa shape index (κ1) is 44.8. The molecule has 2 heterocycles. The summed E-state index contributed by atoms with van der Waals surface area (Å²) in [4.78, 5) is 6.58. The van der Waals surface area contributed by atoms with E-state index in [2.05, 4.69) is 95.0 Å². The summed E-state index contributed by atoms with van der Waals surface area (Å²) in [6, 6.07) is 5.42. The van der Waals surface area contributed by atoms with Gasteiger partial charge in [0.1, 0.15) is 17.4 Å². The van der Waals surface area contributed by atoms with Crippen molar-refractivity contribution in [2.24, 2.45) is 56.2 Å². The van der Waals surface area contributed by atoms with Gasteiger partial charge >= 0.3 is 0 Å². The molecular weight excluding hydrogens is 781 g/mol. The summed E-state index contributed by atoms with van der Waals surface area (Å²) in [6.07, 6.45) is 17.0. The number of ether oxygens (including phenoxy) is 1. The van der Waals surface area contributed by atoms with Gasteiger partial charge in [-0.2, -0.15) is 5.26 Å². The Balaban J connectivity index is 1.04. The maximum Gasteiger partial charge on any atom is 0.236 e. The summed E-state index contributed by atoms with van der Waals surface area (Å²) < 4.78 is 30.3. The molecule has 334 valence electrons. The molecule has 0 unspecified atom stereocenters. The average Bonchev–Trinajstić information content (AvgIpc) is 3.60. The van der Waals surface area contributed by atoms with Gasteiger partial charge in [-0.3, -0.25) is 0 Å². The molecule has 1 aliphatic heterocycles. The number of aliphatic hydroxyl groups excluding tert-OH is 1. The van der Waals surface area contributed by atoms with E-state index in [-0.39, 0.29) is 61.3 Å². The summed E-state index contributed by atoms with van der Waals surface area (Å²) in [6.45, 7) is 29.9. The van der Waals surface area contributed by atoms with E-state index in [0.29, 0.717) is 56.0 Å². The van der Waals surface area contributed by atoms with Gasteiger partial charge < -0.3 is 25.2 Å². The fourth-order valence-electron chi connectivity index (χ4n) is 16.0. The number of aromatic nitrogens is 1. The van der Waals surface area contributed by atoms with Crippen molar-refractivity contribution in [2.75, 3.05) is 37.7 Å². The van der Waals surface area contributed by atoms with Gasteiger partial charge in [-0.1, -0.05) is 72.4 Å². The van der Waals surface area contributed by atoms with Crippen molar-refractivity contribution in [2.45, 2.75) is 137 Å². The summed E-state index contributed by atoms with van der Waals surface area (Å²) in [7, 11) is -2.89. The van der Waals surface area contributed by atoms with Crippen LogP contribution in [0.2, 0.25) is 0 Å². The maximum atomic E-state index is 12.1. The predicted octanol–water partition coefficient (Wildman–Crippen LogP) is 8.91. The monoisotopic (exact) mass is 855 g/mol. The van der Waals surface area contributed by atoms with Crippen LogP contribution >= 0.6 is 0 Å². The van der Waals surface area contributed by atoms with Crippen molar-refractivity contribution in [3.8, 4) is 11.9 Å². The highest BCUT2D eigenvalue weighted by atomic mass is 32.2. The number of rotatable bonds is 10. The number of pyridine rings is 1. The third-order valence-corrected chi connectivity index (χ3v) is 21.7. The molecule has 0 amide bonds. The van der Waals surface area contributed by atoms with Crippen molar-refractivity contribution >= 4 is 9.84 Å². The first-order valence-corrected chi connectivity index (χ1v) is 25.3. The molecule has 4 saturated carbocycles. The Morgan fingerprint density at radius 2 is 1.67 bits per heavy atom. The lowest BCUT2D eigenvalue weighted by Gasteiger charge is -2.77. The van der Waals surface area contributed by atoms with Crippen LogP contribution in [0.4, 0.5) is 0 Å². The highest BCUT2D eigenvalue weighted by Crippen LogP contribution is 2.81. The molecule has 1 saturated heterocycles. The zero-order valence-corrected chi connectivity index (χ0v) is 39.1. The molecule has 1 aromatic heterocycles. The number of nitrogens with zero attached hydrogens (tertiary/aromatic N) is 3. The minimum absolute atomic E-state index is 0.0669. The first-order chi connectivity index (χ1) is 28.6. The molecule has 5 fully saturated rings. The minimum atomic E-state index is -2.89. The molecule has 3 N–H and O–H groups in total. The van der Waals surface area contributed by atoms with Crippen molar-refractivity contribution in [1.82, 2.24) is 15.2 Å². The van der Waals surface area contributed by atoms with Crippen LogP contribution in [0.3, 0.4) is 0 Å². The second kappa shape index (κ2) is 15.4. The number of nitriles is 1. The zero-order valence-electron chi connectivity index (χ0n) is 38.3. The molecule has 0 radical (unpaired) electrons. The number of nitrogens with one attached hydrogen (secondary N) is 1. The van der Waals surface area contributed by atoms with E-state index in [9.17, 15) is 23.9 Å². The van der Waals surface area contributed by atoms with E-state index in [1.54, 1.807) is 18.3 Å².